The van der Waals surface area contributed by atoms with Gasteiger partial charge in [0.15, 0.2) is 6.10 Å². The summed E-state index contributed by atoms with van der Waals surface area (Å²) in [5, 5.41) is 3.00. The van der Waals surface area contributed by atoms with Gasteiger partial charge in [-0.05, 0) is 47.7 Å². The summed E-state index contributed by atoms with van der Waals surface area (Å²) in [6.07, 6.45) is 6.64. The van der Waals surface area contributed by atoms with Crippen molar-refractivity contribution in [2.24, 2.45) is 5.92 Å². The first-order valence-electron chi connectivity index (χ1n) is 7.59. The molecular formula is C16H21BrN2O3. The van der Waals surface area contributed by atoms with Crippen LogP contribution in [0.2, 0.25) is 0 Å². The highest BCUT2D eigenvalue weighted by molar-refractivity contribution is 9.10. The molecule has 1 N–H and O–H groups in total. The van der Waals surface area contributed by atoms with Crippen molar-refractivity contribution in [3.05, 3.63) is 28.5 Å². The summed E-state index contributed by atoms with van der Waals surface area (Å²) in [5.74, 6) is -0.321. The third kappa shape index (κ3) is 4.53. The first kappa shape index (κ1) is 16.9. The average Bonchev–Trinajstić information content (AvgIpc) is 2.49. The van der Waals surface area contributed by atoms with Gasteiger partial charge in [-0.2, -0.15) is 0 Å². The van der Waals surface area contributed by atoms with Gasteiger partial charge in [0.1, 0.15) is 0 Å². The summed E-state index contributed by atoms with van der Waals surface area (Å²) in [6.45, 7) is 3.74. The Morgan fingerprint density at radius 2 is 2.09 bits per heavy atom. The molecule has 1 aromatic rings. The first-order chi connectivity index (χ1) is 10.5. The lowest BCUT2D eigenvalue weighted by Gasteiger charge is -2.30. The van der Waals surface area contributed by atoms with E-state index in [2.05, 4.69) is 33.2 Å². The van der Waals surface area contributed by atoms with Crippen molar-refractivity contribution in [3.63, 3.8) is 0 Å². The minimum atomic E-state index is -0.819. The Morgan fingerprint density at radius 1 is 1.36 bits per heavy atom. The molecule has 1 saturated carbocycles. The molecule has 0 unspecified atom stereocenters. The van der Waals surface area contributed by atoms with Crippen molar-refractivity contribution in [1.82, 2.24) is 10.3 Å². The molecule has 0 aliphatic heterocycles. The zero-order chi connectivity index (χ0) is 16.1. The largest absolute Gasteiger partial charge is 0.449 e. The second kappa shape index (κ2) is 7.72. The van der Waals surface area contributed by atoms with E-state index < -0.39 is 12.1 Å². The number of pyridine rings is 1. The fourth-order valence-corrected chi connectivity index (χ4v) is 3.00. The number of carbonyl (C=O) groups excluding carboxylic acids is 2. The maximum absolute atomic E-state index is 12.2. The Labute approximate surface area is 139 Å². The summed E-state index contributed by atoms with van der Waals surface area (Å²) < 4.78 is 5.91. The minimum Gasteiger partial charge on any atom is -0.449 e. The number of aromatic nitrogens is 1. The lowest BCUT2D eigenvalue weighted by atomic mass is 9.86. The van der Waals surface area contributed by atoms with Crippen LogP contribution >= 0.6 is 15.9 Å². The predicted molar refractivity (Wildman–Crippen MR) is 86.4 cm³/mol. The molecule has 0 saturated heterocycles. The molecule has 1 aliphatic rings. The van der Waals surface area contributed by atoms with Gasteiger partial charge in [0.2, 0.25) is 0 Å². The smallest absolute Gasteiger partial charge is 0.340 e. The molecule has 1 amide bonds. The number of nitrogens with zero attached hydrogens (tertiary/aromatic N) is 1. The molecule has 6 heteroatoms. The van der Waals surface area contributed by atoms with Crippen LogP contribution in [0.15, 0.2) is 22.9 Å². The van der Waals surface area contributed by atoms with Gasteiger partial charge < -0.3 is 10.1 Å². The Bertz CT molecular complexity index is 550. The van der Waals surface area contributed by atoms with E-state index in [9.17, 15) is 9.59 Å². The summed E-state index contributed by atoms with van der Waals surface area (Å²) >= 11 is 3.25. The molecule has 0 aromatic carbocycles. The number of hydrogen-bond acceptors (Lipinski definition) is 4. The number of rotatable bonds is 4. The van der Waals surface area contributed by atoms with Crippen LogP contribution in [0, 0.1) is 5.92 Å². The number of hydrogen-bond donors (Lipinski definition) is 1. The lowest BCUT2D eigenvalue weighted by Crippen LogP contribution is -2.46. The van der Waals surface area contributed by atoms with Gasteiger partial charge in [0, 0.05) is 22.9 Å². The standard InChI is InChI=1S/C16H21BrN2O3/c1-10-5-3-4-6-14(10)19-15(20)11(2)22-16(21)12-7-13(17)9-18-8-12/h7-11,14H,3-6H2,1-2H3,(H,19,20)/t10-,11+,14-/m1/s1. The molecule has 120 valence electrons. The van der Waals surface area contributed by atoms with Crippen molar-refractivity contribution < 1.29 is 14.3 Å². The van der Waals surface area contributed by atoms with Crippen LogP contribution in [0.25, 0.3) is 0 Å². The molecule has 0 spiro atoms. The van der Waals surface area contributed by atoms with E-state index in [0.29, 0.717) is 16.0 Å². The summed E-state index contributed by atoms with van der Waals surface area (Å²) in [4.78, 5) is 28.1. The topological polar surface area (TPSA) is 68.3 Å². The average molecular weight is 369 g/mol. The lowest BCUT2D eigenvalue weighted by molar-refractivity contribution is -0.130. The minimum absolute atomic E-state index is 0.176. The Kier molecular flexibility index (Phi) is 5.94. The van der Waals surface area contributed by atoms with Crippen molar-refractivity contribution in [2.75, 3.05) is 0 Å². The molecule has 1 aromatic heterocycles. The van der Waals surface area contributed by atoms with E-state index in [0.717, 1.165) is 19.3 Å². The van der Waals surface area contributed by atoms with Crippen LogP contribution in [-0.2, 0) is 9.53 Å². The monoisotopic (exact) mass is 368 g/mol. The van der Waals surface area contributed by atoms with Crippen molar-refractivity contribution >= 4 is 27.8 Å². The maximum atomic E-state index is 12.2. The highest BCUT2D eigenvalue weighted by Crippen LogP contribution is 2.23. The number of nitrogens with one attached hydrogen (secondary N) is 1. The number of amides is 1. The van der Waals surface area contributed by atoms with Crippen LogP contribution in [0.4, 0.5) is 0 Å². The molecule has 0 bridgehead atoms. The molecule has 1 fully saturated rings. The number of ether oxygens (including phenoxy) is 1. The highest BCUT2D eigenvalue weighted by atomic mass is 79.9. The highest BCUT2D eigenvalue weighted by Gasteiger charge is 2.26. The van der Waals surface area contributed by atoms with E-state index in [1.807, 2.05) is 0 Å². The van der Waals surface area contributed by atoms with Gasteiger partial charge in [-0.3, -0.25) is 9.78 Å². The Morgan fingerprint density at radius 3 is 2.77 bits per heavy atom. The van der Waals surface area contributed by atoms with E-state index in [1.54, 1.807) is 19.2 Å². The van der Waals surface area contributed by atoms with E-state index >= 15 is 0 Å². The van der Waals surface area contributed by atoms with Gasteiger partial charge in [0.25, 0.3) is 5.91 Å². The Hall–Kier alpha value is -1.43. The molecule has 1 aliphatic carbocycles. The molecule has 0 radical (unpaired) electrons. The molecule has 1 heterocycles. The number of carbonyl (C=O) groups is 2. The fourth-order valence-electron chi connectivity index (χ4n) is 2.64. The normalized spacial score (nSPS) is 22.7. The van der Waals surface area contributed by atoms with Crippen LogP contribution in [0.3, 0.4) is 0 Å². The summed E-state index contributed by atoms with van der Waals surface area (Å²) in [6, 6.07) is 1.79. The van der Waals surface area contributed by atoms with E-state index in [1.165, 1.54) is 12.6 Å². The van der Waals surface area contributed by atoms with Crippen LogP contribution < -0.4 is 5.32 Å². The van der Waals surface area contributed by atoms with E-state index in [-0.39, 0.29) is 11.9 Å². The third-order valence-electron chi connectivity index (χ3n) is 4.03. The second-order valence-corrected chi connectivity index (χ2v) is 6.73. The molecule has 22 heavy (non-hydrogen) atoms. The SMILES string of the molecule is C[C@H](OC(=O)c1cncc(Br)c1)C(=O)N[C@@H]1CCCC[C@H]1C. The van der Waals surface area contributed by atoms with Gasteiger partial charge in [-0.15, -0.1) is 0 Å². The molecule has 5 nitrogen and oxygen atoms in total. The predicted octanol–water partition coefficient (Wildman–Crippen LogP) is 3.08. The van der Waals surface area contributed by atoms with Gasteiger partial charge in [0.05, 0.1) is 5.56 Å². The molecule has 2 rings (SSSR count). The van der Waals surface area contributed by atoms with Crippen molar-refractivity contribution in [3.8, 4) is 0 Å². The number of esters is 1. The van der Waals surface area contributed by atoms with Crippen molar-refractivity contribution in [1.29, 1.82) is 0 Å². The molecular weight excluding hydrogens is 348 g/mol. The first-order valence-corrected chi connectivity index (χ1v) is 8.38. The van der Waals surface area contributed by atoms with Crippen LogP contribution in [-0.4, -0.2) is 29.0 Å². The second-order valence-electron chi connectivity index (χ2n) is 5.82. The van der Waals surface area contributed by atoms with Gasteiger partial charge in [-0.25, -0.2) is 4.79 Å². The quantitative estimate of drug-likeness (QED) is 0.829. The van der Waals surface area contributed by atoms with Crippen LogP contribution in [0.5, 0.6) is 0 Å². The fraction of sp³-hybridized carbons (Fsp3) is 0.562. The zero-order valence-electron chi connectivity index (χ0n) is 12.8. The summed E-state index contributed by atoms with van der Waals surface area (Å²) in [5.41, 5.74) is 0.319. The third-order valence-corrected chi connectivity index (χ3v) is 4.47. The van der Waals surface area contributed by atoms with E-state index in [4.69, 9.17) is 4.74 Å². The number of halogens is 1. The zero-order valence-corrected chi connectivity index (χ0v) is 14.4. The van der Waals surface area contributed by atoms with Crippen molar-refractivity contribution in [2.45, 2.75) is 51.7 Å². The van der Waals surface area contributed by atoms with Gasteiger partial charge in [-0.1, -0.05) is 19.8 Å². The maximum Gasteiger partial charge on any atom is 0.340 e. The Balaban J connectivity index is 1.89. The summed E-state index contributed by atoms with van der Waals surface area (Å²) in [7, 11) is 0. The van der Waals surface area contributed by atoms with Crippen LogP contribution in [0.1, 0.15) is 49.9 Å². The molecule has 3 atom stereocenters. The van der Waals surface area contributed by atoms with Gasteiger partial charge >= 0.3 is 5.97 Å².